The first-order valence-corrected chi connectivity index (χ1v) is 7.57. The second kappa shape index (κ2) is 6.72. The monoisotopic (exact) mass is 343 g/mol. The van der Waals surface area contributed by atoms with Crippen LogP contribution >= 0.6 is 15.9 Å². The van der Waals surface area contributed by atoms with Crippen molar-refractivity contribution in [2.24, 2.45) is 0 Å². The smallest absolute Gasteiger partial charge is 0.187 e. The first-order valence-electron chi connectivity index (χ1n) is 6.78. The van der Waals surface area contributed by atoms with Crippen molar-refractivity contribution in [3.8, 4) is 0 Å². The van der Waals surface area contributed by atoms with E-state index in [1.54, 1.807) is 12.3 Å². The van der Waals surface area contributed by atoms with Crippen LogP contribution in [-0.4, -0.2) is 5.78 Å². The molecule has 0 aliphatic carbocycles. The Balaban J connectivity index is 2.06. The Kier molecular flexibility index (Phi) is 4.97. The summed E-state index contributed by atoms with van der Waals surface area (Å²) in [5, 5.41) is 3.12. The zero-order chi connectivity index (χ0) is 15.4. The number of ketones is 1. The maximum atomic E-state index is 12.1. The van der Waals surface area contributed by atoms with Gasteiger partial charge in [-0.1, -0.05) is 18.2 Å². The zero-order valence-corrected chi connectivity index (χ0v) is 14.0. The summed E-state index contributed by atoms with van der Waals surface area (Å²) >= 11 is 3.50. The molecule has 0 heterocycles. The standard InChI is InChI=1S/C18H18BrNO/c1-12-4-7-17(16(19)10-12)20-9-8-18(21)15-6-5-13(2)14(3)11-15/h4-11,20H,1-3H3. The number of halogens is 1. The van der Waals surface area contributed by atoms with Crippen LogP contribution in [0.1, 0.15) is 27.0 Å². The number of hydrogen-bond donors (Lipinski definition) is 1. The van der Waals surface area contributed by atoms with Crippen LogP contribution in [0.5, 0.6) is 0 Å². The minimum Gasteiger partial charge on any atom is -0.361 e. The molecule has 0 saturated heterocycles. The summed E-state index contributed by atoms with van der Waals surface area (Å²) in [6.07, 6.45) is 3.23. The van der Waals surface area contributed by atoms with E-state index >= 15 is 0 Å². The van der Waals surface area contributed by atoms with Gasteiger partial charge in [-0.2, -0.15) is 0 Å². The number of aryl methyl sites for hydroxylation is 3. The Morgan fingerprint density at radius 1 is 1.05 bits per heavy atom. The molecule has 0 aliphatic heterocycles. The van der Waals surface area contributed by atoms with Crippen molar-refractivity contribution >= 4 is 27.4 Å². The fraction of sp³-hybridized carbons (Fsp3) is 0.167. The molecule has 0 spiro atoms. The lowest BCUT2D eigenvalue weighted by Gasteiger charge is -2.05. The van der Waals surface area contributed by atoms with Crippen LogP contribution in [0, 0.1) is 20.8 Å². The first-order chi connectivity index (χ1) is 9.97. The van der Waals surface area contributed by atoms with E-state index in [1.807, 2.05) is 57.2 Å². The molecule has 0 unspecified atom stereocenters. The van der Waals surface area contributed by atoms with Gasteiger partial charge in [0.05, 0.1) is 5.69 Å². The number of allylic oxidation sites excluding steroid dienone is 1. The molecule has 21 heavy (non-hydrogen) atoms. The molecule has 2 aromatic rings. The van der Waals surface area contributed by atoms with Gasteiger partial charge in [0.15, 0.2) is 5.78 Å². The third-order valence-corrected chi connectivity index (χ3v) is 4.05. The third-order valence-electron chi connectivity index (χ3n) is 3.39. The van der Waals surface area contributed by atoms with Crippen LogP contribution < -0.4 is 5.32 Å². The highest BCUT2D eigenvalue weighted by molar-refractivity contribution is 9.10. The maximum Gasteiger partial charge on any atom is 0.187 e. The lowest BCUT2D eigenvalue weighted by atomic mass is 10.0. The third kappa shape index (κ3) is 4.05. The van der Waals surface area contributed by atoms with Crippen LogP contribution in [0.4, 0.5) is 5.69 Å². The van der Waals surface area contributed by atoms with Crippen LogP contribution in [0.15, 0.2) is 53.1 Å². The minimum absolute atomic E-state index is 0.00571. The second-order valence-corrected chi connectivity index (χ2v) is 5.98. The van der Waals surface area contributed by atoms with Crippen molar-refractivity contribution < 1.29 is 4.79 Å². The summed E-state index contributed by atoms with van der Waals surface area (Å²) in [6.45, 7) is 6.08. The fourth-order valence-corrected chi connectivity index (χ4v) is 2.54. The van der Waals surface area contributed by atoms with Crippen molar-refractivity contribution in [2.45, 2.75) is 20.8 Å². The highest BCUT2D eigenvalue weighted by Gasteiger charge is 2.03. The quantitative estimate of drug-likeness (QED) is 0.611. The Labute approximate surface area is 134 Å². The molecule has 108 valence electrons. The molecule has 2 nitrogen and oxygen atoms in total. The van der Waals surface area contributed by atoms with Gasteiger partial charge in [0.1, 0.15) is 0 Å². The van der Waals surface area contributed by atoms with Crippen LogP contribution in [-0.2, 0) is 0 Å². The molecule has 0 aliphatic rings. The van der Waals surface area contributed by atoms with Gasteiger partial charge >= 0.3 is 0 Å². The van der Waals surface area contributed by atoms with E-state index in [9.17, 15) is 4.79 Å². The van der Waals surface area contributed by atoms with E-state index < -0.39 is 0 Å². The Bertz CT molecular complexity index is 704. The molecular formula is C18H18BrNO. The van der Waals surface area contributed by atoms with Gasteiger partial charge in [-0.3, -0.25) is 4.79 Å². The number of anilines is 1. The molecule has 0 saturated carbocycles. The number of benzene rings is 2. The van der Waals surface area contributed by atoms with Crippen LogP contribution in [0.3, 0.4) is 0 Å². The number of carbonyl (C=O) groups is 1. The van der Waals surface area contributed by atoms with E-state index in [0.717, 1.165) is 15.7 Å². The summed E-state index contributed by atoms with van der Waals surface area (Å²) in [4.78, 5) is 12.1. The molecule has 0 bridgehead atoms. The average Bonchev–Trinajstić information content (AvgIpc) is 2.44. The number of rotatable bonds is 4. The highest BCUT2D eigenvalue weighted by Crippen LogP contribution is 2.23. The van der Waals surface area contributed by atoms with Gasteiger partial charge in [-0.15, -0.1) is 0 Å². The lowest BCUT2D eigenvalue weighted by Crippen LogP contribution is -1.98. The largest absolute Gasteiger partial charge is 0.361 e. The van der Waals surface area contributed by atoms with Gasteiger partial charge in [0.2, 0.25) is 0 Å². The Morgan fingerprint density at radius 2 is 1.81 bits per heavy atom. The maximum absolute atomic E-state index is 12.1. The summed E-state index contributed by atoms with van der Waals surface area (Å²) in [5.41, 5.74) is 5.15. The number of carbonyl (C=O) groups excluding carboxylic acids is 1. The normalized spacial score (nSPS) is 10.9. The van der Waals surface area contributed by atoms with Gasteiger partial charge in [-0.05, 0) is 71.6 Å². The van der Waals surface area contributed by atoms with E-state index in [0.29, 0.717) is 5.56 Å². The SMILES string of the molecule is Cc1ccc(NC=CC(=O)c2ccc(C)c(C)c2)c(Br)c1. The molecule has 3 heteroatoms. The van der Waals surface area contributed by atoms with E-state index in [4.69, 9.17) is 0 Å². The second-order valence-electron chi connectivity index (χ2n) is 5.12. The van der Waals surface area contributed by atoms with E-state index in [1.165, 1.54) is 11.1 Å². The highest BCUT2D eigenvalue weighted by atomic mass is 79.9. The summed E-state index contributed by atoms with van der Waals surface area (Å²) < 4.78 is 0.978. The predicted octanol–water partition coefficient (Wildman–Crippen LogP) is 5.18. The number of hydrogen-bond acceptors (Lipinski definition) is 2. The summed E-state index contributed by atoms with van der Waals surface area (Å²) in [7, 11) is 0. The molecule has 0 radical (unpaired) electrons. The van der Waals surface area contributed by atoms with Gasteiger partial charge in [0.25, 0.3) is 0 Å². The molecule has 1 N–H and O–H groups in total. The molecule has 0 aromatic heterocycles. The van der Waals surface area contributed by atoms with Crippen molar-refractivity contribution in [3.63, 3.8) is 0 Å². The van der Waals surface area contributed by atoms with Gasteiger partial charge in [0, 0.05) is 22.3 Å². The molecule has 0 atom stereocenters. The minimum atomic E-state index is -0.00571. The van der Waals surface area contributed by atoms with Gasteiger partial charge < -0.3 is 5.32 Å². The fourth-order valence-electron chi connectivity index (χ4n) is 1.94. The molecule has 2 aromatic carbocycles. The van der Waals surface area contributed by atoms with Crippen molar-refractivity contribution in [2.75, 3.05) is 5.32 Å². The van der Waals surface area contributed by atoms with Gasteiger partial charge in [-0.25, -0.2) is 0 Å². The average molecular weight is 344 g/mol. The molecule has 2 rings (SSSR count). The summed E-state index contributed by atoms with van der Waals surface area (Å²) in [6, 6.07) is 11.8. The lowest BCUT2D eigenvalue weighted by molar-refractivity contribution is 0.104. The Hall–Kier alpha value is -1.87. The molecule has 0 fully saturated rings. The molecular weight excluding hydrogens is 326 g/mol. The van der Waals surface area contributed by atoms with Crippen molar-refractivity contribution in [3.05, 3.63) is 75.4 Å². The topological polar surface area (TPSA) is 29.1 Å². The van der Waals surface area contributed by atoms with E-state index in [-0.39, 0.29) is 5.78 Å². The van der Waals surface area contributed by atoms with Crippen molar-refractivity contribution in [1.29, 1.82) is 0 Å². The predicted molar refractivity (Wildman–Crippen MR) is 91.9 cm³/mol. The van der Waals surface area contributed by atoms with Crippen molar-refractivity contribution in [1.82, 2.24) is 0 Å². The number of nitrogens with one attached hydrogen (secondary N) is 1. The Morgan fingerprint density at radius 3 is 2.48 bits per heavy atom. The van der Waals surface area contributed by atoms with Crippen LogP contribution in [0.25, 0.3) is 0 Å². The van der Waals surface area contributed by atoms with E-state index in [2.05, 4.69) is 21.2 Å². The summed E-state index contributed by atoms with van der Waals surface area (Å²) in [5.74, 6) is -0.00571. The molecule has 0 amide bonds. The van der Waals surface area contributed by atoms with Crippen LogP contribution in [0.2, 0.25) is 0 Å². The zero-order valence-electron chi connectivity index (χ0n) is 12.4. The first kappa shape index (κ1) is 15.5.